The average Bonchev–Trinajstić information content (AvgIpc) is 2.68. The van der Waals surface area contributed by atoms with Gasteiger partial charge in [-0.25, -0.2) is 0 Å². The first-order valence-electron chi connectivity index (χ1n) is 9.35. The summed E-state index contributed by atoms with van der Waals surface area (Å²) in [4.78, 5) is 6.37. The van der Waals surface area contributed by atoms with Gasteiger partial charge >= 0.3 is 6.18 Å². The van der Waals surface area contributed by atoms with Gasteiger partial charge in [0.2, 0.25) is 0 Å². The summed E-state index contributed by atoms with van der Waals surface area (Å²) >= 11 is 0. The second kappa shape index (κ2) is 8.54. The van der Waals surface area contributed by atoms with Crippen LogP contribution in [0.5, 0.6) is 11.5 Å². The van der Waals surface area contributed by atoms with Gasteiger partial charge in [-0.15, -0.1) is 0 Å². The van der Waals surface area contributed by atoms with Crippen molar-refractivity contribution in [3.63, 3.8) is 0 Å². The molecule has 150 valence electrons. The molecule has 1 saturated heterocycles. The van der Waals surface area contributed by atoms with Crippen LogP contribution in [0.1, 0.15) is 37.3 Å². The Morgan fingerprint density at radius 1 is 1.14 bits per heavy atom. The van der Waals surface area contributed by atoms with Crippen LogP contribution in [0.2, 0.25) is 0 Å². The van der Waals surface area contributed by atoms with Crippen molar-refractivity contribution < 1.29 is 23.0 Å². The zero-order valence-corrected chi connectivity index (χ0v) is 15.7. The molecule has 0 bridgehead atoms. The SMILES string of the molecule is CCOc1cccc(C=Nc2cc(C(F)(F)F)ccc2N2CCCCC2)c1O. The average molecular weight is 392 g/mol. The number of ether oxygens (including phenoxy) is 1. The second-order valence-corrected chi connectivity index (χ2v) is 6.63. The van der Waals surface area contributed by atoms with E-state index >= 15 is 0 Å². The number of hydrogen-bond donors (Lipinski definition) is 1. The third-order valence-electron chi connectivity index (χ3n) is 4.67. The minimum Gasteiger partial charge on any atom is -0.504 e. The number of aromatic hydroxyl groups is 1. The van der Waals surface area contributed by atoms with Crippen molar-refractivity contribution in [2.24, 2.45) is 4.99 Å². The summed E-state index contributed by atoms with van der Waals surface area (Å²) in [6.07, 6.45) is 0.0546. The van der Waals surface area contributed by atoms with Crippen LogP contribution in [0.25, 0.3) is 0 Å². The lowest BCUT2D eigenvalue weighted by atomic mass is 10.1. The van der Waals surface area contributed by atoms with E-state index < -0.39 is 11.7 Å². The van der Waals surface area contributed by atoms with Crippen molar-refractivity contribution >= 4 is 17.6 Å². The van der Waals surface area contributed by atoms with Gasteiger partial charge in [0.25, 0.3) is 0 Å². The minimum atomic E-state index is -4.44. The van der Waals surface area contributed by atoms with Crippen molar-refractivity contribution in [2.75, 3.05) is 24.6 Å². The highest BCUT2D eigenvalue weighted by Crippen LogP contribution is 2.38. The molecular weight excluding hydrogens is 369 g/mol. The number of anilines is 1. The van der Waals surface area contributed by atoms with Gasteiger partial charge in [0.05, 0.1) is 23.5 Å². The molecule has 2 aromatic carbocycles. The van der Waals surface area contributed by atoms with E-state index in [0.29, 0.717) is 23.6 Å². The molecule has 1 fully saturated rings. The fourth-order valence-corrected chi connectivity index (χ4v) is 3.26. The molecule has 0 unspecified atom stereocenters. The van der Waals surface area contributed by atoms with Crippen LogP contribution in [0.3, 0.4) is 0 Å². The molecule has 0 aliphatic carbocycles. The third kappa shape index (κ3) is 4.58. The highest BCUT2D eigenvalue weighted by molar-refractivity contribution is 5.88. The predicted octanol–water partition coefficient (Wildman–Crippen LogP) is 5.55. The Hall–Kier alpha value is -2.70. The van der Waals surface area contributed by atoms with E-state index in [1.165, 1.54) is 12.3 Å². The van der Waals surface area contributed by atoms with Gasteiger partial charge in [-0.05, 0) is 56.5 Å². The first-order chi connectivity index (χ1) is 13.4. The van der Waals surface area contributed by atoms with Crippen molar-refractivity contribution in [3.8, 4) is 11.5 Å². The Balaban J connectivity index is 1.99. The van der Waals surface area contributed by atoms with Crippen LogP contribution in [0.4, 0.5) is 24.5 Å². The summed E-state index contributed by atoms with van der Waals surface area (Å²) in [5, 5.41) is 10.3. The second-order valence-electron chi connectivity index (χ2n) is 6.63. The molecule has 0 saturated carbocycles. The molecule has 0 aromatic heterocycles. The monoisotopic (exact) mass is 392 g/mol. The number of halogens is 3. The molecule has 4 nitrogen and oxygen atoms in total. The van der Waals surface area contributed by atoms with Crippen LogP contribution in [-0.2, 0) is 6.18 Å². The van der Waals surface area contributed by atoms with E-state index in [9.17, 15) is 18.3 Å². The van der Waals surface area contributed by atoms with Crippen molar-refractivity contribution in [1.29, 1.82) is 0 Å². The number of aliphatic imine (C=N–C) groups is 1. The molecule has 1 aliphatic rings. The van der Waals surface area contributed by atoms with Gasteiger partial charge in [0.1, 0.15) is 0 Å². The smallest absolute Gasteiger partial charge is 0.416 e. The molecule has 0 radical (unpaired) electrons. The van der Waals surface area contributed by atoms with E-state index in [1.807, 2.05) is 0 Å². The molecule has 28 heavy (non-hydrogen) atoms. The van der Waals surface area contributed by atoms with E-state index in [2.05, 4.69) is 9.89 Å². The summed E-state index contributed by atoms with van der Waals surface area (Å²) in [6.45, 7) is 3.77. The maximum atomic E-state index is 13.2. The zero-order chi connectivity index (χ0) is 20.1. The fraction of sp³-hybridized carbons (Fsp3) is 0.381. The number of para-hydroxylation sites is 1. The first-order valence-corrected chi connectivity index (χ1v) is 9.35. The van der Waals surface area contributed by atoms with Gasteiger partial charge in [0.15, 0.2) is 11.5 Å². The van der Waals surface area contributed by atoms with Crippen LogP contribution in [-0.4, -0.2) is 31.0 Å². The van der Waals surface area contributed by atoms with E-state index in [0.717, 1.165) is 44.5 Å². The number of nitrogens with zero attached hydrogens (tertiary/aromatic N) is 2. The molecule has 2 aromatic rings. The topological polar surface area (TPSA) is 45.1 Å². The number of hydrogen-bond acceptors (Lipinski definition) is 4. The number of alkyl halides is 3. The number of phenolic OH excluding ortho intramolecular Hbond substituents is 1. The minimum absolute atomic E-state index is 0.0837. The van der Waals surface area contributed by atoms with Crippen LogP contribution in [0, 0.1) is 0 Å². The van der Waals surface area contributed by atoms with Gasteiger partial charge in [-0.3, -0.25) is 4.99 Å². The molecule has 1 heterocycles. The lowest BCUT2D eigenvalue weighted by Crippen LogP contribution is -2.29. The first kappa shape index (κ1) is 20.0. The molecular formula is C21H23F3N2O2. The number of piperidine rings is 1. The summed E-state index contributed by atoms with van der Waals surface area (Å²) in [5.74, 6) is 0.228. The Kier molecular flexibility index (Phi) is 6.11. The molecule has 1 aliphatic heterocycles. The molecule has 0 spiro atoms. The summed E-state index contributed by atoms with van der Waals surface area (Å²) in [5.41, 5.74) is 0.544. The molecule has 3 rings (SSSR count). The summed E-state index contributed by atoms with van der Waals surface area (Å²) in [6, 6.07) is 8.59. The van der Waals surface area contributed by atoms with Crippen LogP contribution >= 0.6 is 0 Å². The van der Waals surface area contributed by atoms with Gasteiger partial charge in [-0.1, -0.05) is 6.07 Å². The number of phenols is 1. The maximum absolute atomic E-state index is 13.2. The molecule has 1 N–H and O–H groups in total. The lowest BCUT2D eigenvalue weighted by molar-refractivity contribution is -0.137. The maximum Gasteiger partial charge on any atom is 0.416 e. The summed E-state index contributed by atoms with van der Waals surface area (Å²) < 4.78 is 44.9. The Bertz CT molecular complexity index is 844. The summed E-state index contributed by atoms with van der Waals surface area (Å²) in [7, 11) is 0. The van der Waals surface area contributed by atoms with Crippen molar-refractivity contribution in [2.45, 2.75) is 32.4 Å². The molecule has 0 atom stereocenters. The Morgan fingerprint density at radius 2 is 1.89 bits per heavy atom. The lowest BCUT2D eigenvalue weighted by Gasteiger charge is -2.30. The van der Waals surface area contributed by atoms with Crippen LogP contribution in [0.15, 0.2) is 41.4 Å². The van der Waals surface area contributed by atoms with Gasteiger partial charge in [0, 0.05) is 24.9 Å². The highest BCUT2D eigenvalue weighted by Gasteiger charge is 2.31. The predicted molar refractivity (Wildman–Crippen MR) is 104 cm³/mol. The van der Waals surface area contributed by atoms with E-state index in [1.54, 1.807) is 25.1 Å². The highest BCUT2D eigenvalue weighted by atomic mass is 19.4. The van der Waals surface area contributed by atoms with Crippen molar-refractivity contribution in [1.82, 2.24) is 0 Å². The van der Waals surface area contributed by atoms with Gasteiger partial charge < -0.3 is 14.7 Å². The van der Waals surface area contributed by atoms with Crippen LogP contribution < -0.4 is 9.64 Å². The standard InChI is InChI=1S/C21H23F3N2O2/c1-2-28-19-8-6-7-15(20(19)27)14-25-17-13-16(21(22,23)24)9-10-18(17)26-11-4-3-5-12-26/h6-10,13-14,27H,2-5,11-12H2,1H3. The Morgan fingerprint density at radius 3 is 2.57 bits per heavy atom. The van der Waals surface area contributed by atoms with E-state index in [4.69, 9.17) is 4.74 Å². The van der Waals surface area contributed by atoms with Gasteiger partial charge in [-0.2, -0.15) is 13.2 Å². The molecule has 7 heteroatoms. The largest absolute Gasteiger partial charge is 0.504 e. The fourth-order valence-electron chi connectivity index (χ4n) is 3.26. The number of benzene rings is 2. The zero-order valence-electron chi connectivity index (χ0n) is 15.7. The Labute approximate surface area is 162 Å². The normalized spacial score (nSPS) is 15.2. The third-order valence-corrected chi connectivity index (χ3v) is 4.67. The van der Waals surface area contributed by atoms with Crippen molar-refractivity contribution in [3.05, 3.63) is 47.5 Å². The van der Waals surface area contributed by atoms with E-state index in [-0.39, 0.29) is 11.4 Å². The quantitative estimate of drug-likeness (QED) is 0.679. The number of rotatable bonds is 5. The molecule has 0 amide bonds.